The van der Waals surface area contributed by atoms with Crippen molar-refractivity contribution in [3.63, 3.8) is 0 Å². The number of aliphatic hydroxyl groups excluding tert-OH is 1. The number of hydrogen-bond donors (Lipinski definition) is 2. The van der Waals surface area contributed by atoms with Crippen LogP contribution in [0.5, 0.6) is 5.75 Å². The van der Waals surface area contributed by atoms with Crippen LogP contribution in [0.15, 0.2) is 36.4 Å². The molecule has 0 fully saturated rings. The van der Waals surface area contributed by atoms with Gasteiger partial charge in [0.1, 0.15) is 5.75 Å². The fraction of sp³-hybridized carbons (Fsp3) is 0.308. The second-order valence-corrected chi connectivity index (χ2v) is 3.74. The maximum atomic E-state index is 10.5. The van der Waals surface area contributed by atoms with E-state index >= 15 is 0 Å². The van der Waals surface area contributed by atoms with Crippen molar-refractivity contribution in [1.82, 2.24) is 0 Å². The quantitative estimate of drug-likeness (QED) is 0.765. The Balaban J connectivity index is 2.93. The van der Waals surface area contributed by atoms with Gasteiger partial charge >= 0.3 is 5.97 Å². The highest BCUT2D eigenvalue weighted by atomic mass is 16.5. The maximum absolute atomic E-state index is 10.5. The summed E-state index contributed by atoms with van der Waals surface area (Å²) in [7, 11) is 1.57. The fourth-order valence-corrected chi connectivity index (χ4v) is 1.56. The molecule has 2 atom stereocenters. The van der Waals surface area contributed by atoms with Crippen LogP contribution in [-0.4, -0.2) is 29.4 Å². The number of hydrogen-bond acceptors (Lipinski definition) is 3. The van der Waals surface area contributed by atoms with E-state index in [1.54, 1.807) is 26.2 Å². The molecular formula is C13H16O4. The van der Waals surface area contributed by atoms with E-state index in [9.17, 15) is 9.90 Å². The van der Waals surface area contributed by atoms with Gasteiger partial charge in [0.05, 0.1) is 13.2 Å². The normalized spacial score (nSPS) is 14.5. The van der Waals surface area contributed by atoms with Crippen LogP contribution < -0.4 is 4.74 Å². The summed E-state index contributed by atoms with van der Waals surface area (Å²) in [5.41, 5.74) is 0.846. The van der Waals surface area contributed by atoms with E-state index in [0.717, 1.165) is 17.4 Å². The standard InChI is InChI=1S/C13H16O4/c1-9(14)12(7-8-13(15)16)10-3-5-11(17-2)6-4-10/h3-9,12,14H,1-2H3,(H,15,16)/t9-,12+/m0/s1. The van der Waals surface area contributed by atoms with Crippen LogP contribution in [0.25, 0.3) is 0 Å². The Morgan fingerprint density at radius 1 is 1.35 bits per heavy atom. The molecule has 0 spiro atoms. The van der Waals surface area contributed by atoms with Gasteiger partial charge in [-0.1, -0.05) is 18.2 Å². The summed E-state index contributed by atoms with van der Waals surface area (Å²) in [4.78, 5) is 10.5. The van der Waals surface area contributed by atoms with E-state index in [0.29, 0.717) is 0 Å². The lowest BCUT2D eigenvalue weighted by Gasteiger charge is -2.16. The molecule has 0 bridgehead atoms. The summed E-state index contributed by atoms with van der Waals surface area (Å²) in [6.45, 7) is 1.63. The summed E-state index contributed by atoms with van der Waals surface area (Å²) < 4.78 is 5.03. The Morgan fingerprint density at radius 3 is 2.35 bits per heavy atom. The minimum Gasteiger partial charge on any atom is -0.497 e. The van der Waals surface area contributed by atoms with Crippen LogP contribution in [0.2, 0.25) is 0 Å². The number of rotatable bonds is 5. The molecule has 4 heteroatoms. The van der Waals surface area contributed by atoms with Crippen molar-refractivity contribution in [3.8, 4) is 5.75 Å². The Kier molecular flexibility index (Phi) is 4.72. The van der Waals surface area contributed by atoms with E-state index in [2.05, 4.69) is 0 Å². The minimum absolute atomic E-state index is 0.336. The largest absolute Gasteiger partial charge is 0.497 e. The lowest BCUT2D eigenvalue weighted by atomic mass is 9.94. The number of carbonyl (C=O) groups is 1. The Morgan fingerprint density at radius 2 is 1.94 bits per heavy atom. The SMILES string of the molecule is COc1ccc([C@H](C=CC(=O)O)[C@H](C)O)cc1. The van der Waals surface area contributed by atoms with E-state index in [4.69, 9.17) is 9.84 Å². The van der Waals surface area contributed by atoms with Crippen molar-refractivity contribution in [2.24, 2.45) is 0 Å². The minimum atomic E-state index is -1.02. The zero-order valence-electron chi connectivity index (χ0n) is 9.83. The van der Waals surface area contributed by atoms with Gasteiger partial charge in [-0.2, -0.15) is 0 Å². The molecular weight excluding hydrogens is 220 g/mol. The first-order chi connectivity index (χ1) is 8.04. The van der Waals surface area contributed by atoms with Gasteiger partial charge in [-0.25, -0.2) is 4.79 Å². The third-order valence-electron chi connectivity index (χ3n) is 2.47. The number of carboxylic acid groups (broad SMARTS) is 1. The predicted octanol–water partition coefficient (Wildman–Crippen LogP) is 1.80. The average molecular weight is 236 g/mol. The molecule has 4 nitrogen and oxygen atoms in total. The van der Waals surface area contributed by atoms with Gasteiger partial charge in [-0.05, 0) is 24.6 Å². The van der Waals surface area contributed by atoms with Gasteiger partial charge in [0.25, 0.3) is 0 Å². The third kappa shape index (κ3) is 3.92. The molecule has 0 aliphatic heterocycles. The second-order valence-electron chi connectivity index (χ2n) is 3.74. The Bertz CT molecular complexity index is 392. The van der Waals surface area contributed by atoms with E-state index in [1.807, 2.05) is 12.1 Å². The average Bonchev–Trinajstić information content (AvgIpc) is 2.29. The molecule has 0 aliphatic carbocycles. The van der Waals surface area contributed by atoms with E-state index < -0.39 is 12.1 Å². The molecule has 0 unspecified atom stereocenters. The molecule has 1 rings (SSSR count). The van der Waals surface area contributed by atoms with Crippen molar-refractivity contribution in [2.45, 2.75) is 18.9 Å². The molecule has 1 aromatic rings. The number of aliphatic hydroxyl groups is 1. The molecule has 0 saturated heterocycles. The lowest BCUT2D eigenvalue weighted by molar-refractivity contribution is -0.131. The van der Waals surface area contributed by atoms with Crippen molar-refractivity contribution >= 4 is 5.97 Å². The first kappa shape index (κ1) is 13.3. The molecule has 0 aliphatic rings. The van der Waals surface area contributed by atoms with Gasteiger partial charge in [-0.3, -0.25) is 0 Å². The van der Waals surface area contributed by atoms with Crippen LogP contribution in [0.4, 0.5) is 0 Å². The number of carboxylic acids is 1. The number of ether oxygens (including phenoxy) is 1. The molecule has 1 aromatic carbocycles. The van der Waals surface area contributed by atoms with Crippen LogP contribution >= 0.6 is 0 Å². The van der Waals surface area contributed by atoms with E-state index in [-0.39, 0.29) is 5.92 Å². The smallest absolute Gasteiger partial charge is 0.327 e. The monoisotopic (exact) mass is 236 g/mol. The highest BCUT2D eigenvalue weighted by molar-refractivity contribution is 5.79. The van der Waals surface area contributed by atoms with Gasteiger partial charge in [0.15, 0.2) is 0 Å². The molecule has 0 amide bonds. The highest BCUT2D eigenvalue weighted by Crippen LogP contribution is 2.23. The van der Waals surface area contributed by atoms with Crippen LogP contribution in [0.1, 0.15) is 18.4 Å². The van der Waals surface area contributed by atoms with Gasteiger partial charge in [0, 0.05) is 12.0 Å². The summed E-state index contributed by atoms with van der Waals surface area (Å²) in [6.07, 6.45) is 1.87. The van der Waals surface area contributed by atoms with Gasteiger partial charge < -0.3 is 14.9 Å². The summed E-state index contributed by atoms with van der Waals surface area (Å²) in [5, 5.41) is 18.2. The molecule has 92 valence electrons. The molecule has 2 N–H and O–H groups in total. The van der Waals surface area contributed by atoms with Crippen LogP contribution in [0.3, 0.4) is 0 Å². The Labute approximate surface area is 100 Å². The predicted molar refractivity (Wildman–Crippen MR) is 64.2 cm³/mol. The van der Waals surface area contributed by atoms with Crippen LogP contribution in [0, 0.1) is 0 Å². The van der Waals surface area contributed by atoms with Gasteiger partial charge in [0.2, 0.25) is 0 Å². The number of aliphatic carboxylic acids is 1. The topological polar surface area (TPSA) is 66.8 Å². The first-order valence-electron chi connectivity index (χ1n) is 5.27. The second kappa shape index (κ2) is 6.06. The van der Waals surface area contributed by atoms with E-state index in [1.165, 1.54) is 6.08 Å². The molecule has 0 heterocycles. The van der Waals surface area contributed by atoms with Crippen LogP contribution in [-0.2, 0) is 4.79 Å². The summed E-state index contributed by atoms with van der Waals surface area (Å²) in [5.74, 6) is -0.638. The zero-order valence-corrected chi connectivity index (χ0v) is 9.83. The van der Waals surface area contributed by atoms with Crippen molar-refractivity contribution in [1.29, 1.82) is 0 Å². The first-order valence-corrected chi connectivity index (χ1v) is 5.27. The molecule has 17 heavy (non-hydrogen) atoms. The molecule has 0 aromatic heterocycles. The number of methoxy groups -OCH3 is 1. The zero-order chi connectivity index (χ0) is 12.8. The van der Waals surface area contributed by atoms with Crippen molar-refractivity contribution in [3.05, 3.63) is 42.0 Å². The maximum Gasteiger partial charge on any atom is 0.327 e. The van der Waals surface area contributed by atoms with Crippen molar-refractivity contribution < 1.29 is 19.7 Å². The highest BCUT2D eigenvalue weighted by Gasteiger charge is 2.14. The van der Waals surface area contributed by atoms with Gasteiger partial charge in [-0.15, -0.1) is 0 Å². The third-order valence-corrected chi connectivity index (χ3v) is 2.47. The van der Waals surface area contributed by atoms with Crippen molar-refractivity contribution in [2.75, 3.05) is 7.11 Å². The fourth-order valence-electron chi connectivity index (χ4n) is 1.56. The summed E-state index contributed by atoms with van der Waals surface area (Å²) in [6, 6.07) is 7.17. The lowest BCUT2D eigenvalue weighted by Crippen LogP contribution is -2.12. The molecule has 0 radical (unpaired) electrons. The number of benzene rings is 1. The molecule has 0 saturated carbocycles. The summed E-state index contributed by atoms with van der Waals surface area (Å²) >= 11 is 0. The Hall–Kier alpha value is -1.81.